The van der Waals surface area contributed by atoms with Gasteiger partial charge in [0.15, 0.2) is 0 Å². The minimum absolute atomic E-state index is 0.186. The molecular formula is C31H62N2O. The number of amides is 1. The van der Waals surface area contributed by atoms with Crippen LogP contribution in [0.25, 0.3) is 0 Å². The summed E-state index contributed by atoms with van der Waals surface area (Å²) in [4.78, 5) is 14.2. The summed E-state index contributed by atoms with van der Waals surface area (Å²) in [6.45, 7) is 5.06. The molecule has 0 aliphatic heterocycles. The Labute approximate surface area is 214 Å². The van der Waals surface area contributed by atoms with Crippen molar-refractivity contribution in [2.24, 2.45) is 0 Å². The first-order valence-electron chi connectivity index (χ1n) is 15.2. The van der Waals surface area contributed by atoms with Gasteiger partial charge < -0.3 is 10.2 Å². The molecule has 0 rings (SSSR count). The average Bonchev–Trinajstić information content (AvgIpc) is 2.80. The molecule has 3 heteroatoms. The van der Waals surface area contributed by atoms with Gasteiger partial charge in [-0.25, -0.2) is 0 Å². The molecule has 0 heterocycles. The number of unbranched alkanes of at least 4 members (excludes halogenated alkanes) is 17. The van der Waals surface area contributed by atoms with Gasteiger partial charge in [-0.05, 0) is 52.6 Å². The summed E-state index contributed by atoms with van der Waals surface area (Å²) >= 11 is 0. The number of allylic oxidation sites excluding steroid dienone is 2. The number of nitrogens with zero attached hydrogens (tertiary/aromatic N) is 1. The van der Waals surface area contributed by atoms with Crippen molar-refractivity contribution in [3.8, 4) is 0 Å². The first-order valence-corrected chi connectivity index (χ1v) is 15.2. The van der Waals surface area contributed by atoms with Gasteiger partial charge in [0.25, 0.3) is 0 Å². The van der Waals surface area contributed by atoms with E-state index in [1.165, 1.54) is 128 Å². The van der Waals surface area contributed by atoms with Crippen molar-refractivity contribution in [3.63, 3.8) is 0 Å². The first-order chi connectivity index (χ1) is 16.6. The van der Waals surface area contributed by atoms with Crippen LogP contribution in [-0.4, -0.2) is 37.5 Å². The highest BCUT2D eigenvalue weighted by atomic mass is 16.2. The molecule has 34 heavy (non-hydrogen) atoms. The summed E-state index contributed by atoms with van der Waals surface area (Å²) in [5, 5.41) is 3.32. The zero-order valence-corrected chi connectivity index (χ0v) is 23.9. The fourth-order valence-corrected chi connectivity index (χ4v) is 4.66. The van der Waals surface area contributed by atoms with Gasteiger partial charge in [0.1, 0.15) is 0 Å². The molecule has 0 saturated carbocycles. The molecule has 1 atom stereocenters. The van der Waals surface area contributed by atoms with Crippen molar-refractivity contribution in [3.05, 3.63) is 12.2 Å². The van der Waals surface area contributed by atoms with Crippen molar-refractivity contribution in [1.29, 1.82) is 0 Å². The minimum atomic E-state index is 0.186. The van der Waals surface area contributed by atoms with E-state index in [4.69, 9.17) is 0 Å². The van der Waals surface area contributed by atoms with Crippen LogP contribution in [0.2, 0.25) is 0 Å². The second-order valence-corrected chi connectivity index (χ2v) is 10.8. The predicted molar refractivity (Wildman–Crippen MR) is 153 cm³/mol. The maximum absolute atomic E-state index is 12.3. The van der Waals surface area contributed by atoms with Crippen LogP contribution in [0.5, 0.6) is 0 Å². The number of rotatable bonds is 26. The van der Waals surface area contributed by atoms with Gasteiger partial charge in [0.2, 0.25) is 5.91 Å². The molecule has 0 aromatic heterocycles. The smallest absolute Gasteiger partial charge is 0.234 e. The molecule has 0 bridgehead atoms. The lowest BCUT2D eigenvalue weighted by molar-refractivity contribution is -0.122. The zero-order chi connectivity index (χ0) is 25.1. The van der Waals surface area contributed by atoms with Gasteiger partial charge in [0, 0.05) is 6.04 Å². The largest absolute Gasteiger partial charge is 0.352 e. The van der Waals surface area contributed by atoms with E-state index in [0.29, 0.717) is 12.6 Å². The van der Waals surface area contributed by atoms with Gasteiger partial charge >= 0.3 is 0 Å². The second kappa shape index (κ2) is 26.8. The molecule has 0 spiro atoms. The van der Waals surface area contributed by atoms with Gasteiger partial charge in [-0.3, -0.25) is 4.79 Å². The van der Waals surface area contributed by atoms with E-state index in [2.05, 4.69) is 31.3 Å². The highest BCUT2D eigenvalue weighted by Crippen LogP contribution is 2.15. The number of hydrogen-bond acceptors (Lipinski definition) is 2. The van der Waals surface area contributed by atoms with Crippen LogP contribution >= 0.6 is 0 Å². The number of carbonyl (C=O) groups excluding carboxylic acids is 1. The third-order valence-electron chi connectivity index (χ3n) is 6.80. The van der Waals surface area contributed by atoms with Gasteiger partial charge in [-0.15, -0.1) is 0 Å². The van der Waals surface area contributed by atoms with Gasteiger partial charge in [-0.1, -0.05) is 129 Å². The lowest BCUT2D eigenvalue weighted by atomic mass is 9.99. The zero-order valence-electron chi connectivity index (χ0n) is 23.9. The third-order valence-corrected chi connectivity index (χ3v) is 6.80. The first kappa shape index (κ1) is 33.2. The molecular weight excluding hydrogens is 416 g/mol. The molecule has 0 aromatic carbocycles. The Kier molecular flexibility index (Phi) is 26.1. The van der Waals surface area contributed by atoms with E-state index in [1.807, 2.05) is 19.0 Å². The average molecular weight is 479 g/mol. The molecule has 0 aliphatic carbocycles. The Balaban J connectivity index is 3.82. The highest BCUT2D eigenvalue weighted by Gasteiger charge is 2.12. The van der Waals surface area contributed by atoms with Crippen LogP contribution in [0.15, 0.2) is 12.2 Å². The Morgan fingerprint density at radius 3 is 1.41 bits per heavy atom. The molecule has 0 aliphatic rings. The quantitative estimate of drug-likeness (QED) is 0.0992. The third kappa shape index (κ3) is 25.8. The normalized spacial score (nSPS) is 12.6. The topological polar surface area (TPSA) is 32.3 Å². The highest BCUT2D eigenvalue weighted by molar-refractivity contribution is 5.78. The van der Waals surface area contributed by atoms with E-state index < -0.39 is 0 Å². The Morgan fingerprint density at radius 2 is 1.00 bits per heavy atom. The Hall–Kier alpha value is -0.830. The van der Waals surface area contributed by atoms with Crippen molar-refractivity contribution in [2.45, 2.75) is 161 Å². The van der Waals surface area contributed by atoms with Gasteiger partial charge in [0.05, 0.1) is 6.54 Å². The maximum atomic E-state index is 12.3. The lowest BCUT2D eigenvalue weighted by Gasteiger charge is -2.20. The van der Waals surface area contributed by atoms with Crippen molar-refractivity contribution in [2.75, 3.05) is 20.6 Å². The monoisotopic (exact) mass is 478 g/mol. The standard InChI is InChI=1S/C31H62N2O/c1-5-7-9-11-13-14-15-16-17-18-19-20-22-24-26-28-30(32-31(34)29-33(3)4)27-25-23-21-12-10-8-6-2/h16-17,30H,5-15,18-29H2,1-4H3,(H,32,34)/b17-16+/t30-/m1/s1. The van der Waals surface area contributed by atoms with Crippen LogP contribution in [-0.2, 0) is 4.79 Å². The molecule has 1 amide bonds. The fraction of sp³-hybridized carbons (Fsp3) is 0.903. The maximum Gasteiger partial charge on any atom is 0.234 e. The molecule has 0 fully saturated rings. The van der Waals surface area contributed by atoms with E-state index in [9.17, 15) is 4.79 Å². The van der Waals surface area contributed by atoms with Gasteiger partial charge in [-0.2, -0.15) is 0 Å². The summed E-state index contributed by atoms with van der Waals surface area (Å²) in [7, 11) is 3.93. The predicted octanol–water partition coefficient (Wildman–Crippen LogP) is 9.21. The van der Waals surface area contributed by atoms with Crippen LogP contribution < -0.4 is 5.32 Å². The van der Waals surface area contributed by atoms with Crippen LogP contribution in [0.3, 0.4) is 0 Å². The molecule has 1 N–H and O–H groups in total. The number of likely N-dealkylation sites (N-methyl/N-ethyl adjacent to an activating group) is 1. The molecule has 0 aromatic rings. The summed E-state index contributed by atoms with van der Waals surface area (Å²) in [6, 6.07) is 0.369. The van der Waals surface area contributed by atoms with E-state index >= 15 is 0 Å². The molecule has 0 radical (unpaired) electrons. The summed E-state index contributed by atoms with van der Waals surface area (Å²) in [5.74, 6) is 0.186. The van der Waals surface area contributed by atoms with E-state index in [1.54, 1.807) is 0 Å². The van der Waals surface area contributed by atoms with Crippen molar-refractivity contribution in [1.82, 2.24) is 10.2 Å². The molecule has 0 unspecified atom stereocenters. The van der Waals surface area contributed by atoms with Crippen molar-refractivity contribution < 1.29 is 4.79 Å². The summed E-state index contributed by atoms with van der Waals surface area (Å²) < 4.78 is 0. The van der Waals surface area contributed by atoms with Crippen LogP contribution in [0.4, 0.5) is 0 Å². The minimum Gasteiger partial charge on any atom is -0.352 e. The number of carbonyl (C=O) groups is 1. The number of nitrogens with one attached hydrogen (secondary N) is 1. The molecule has 0 saturated heterocycles. The van der Waals surface area contributed by atoms with E-state index in [-0.39, 0.29) is 5.91 Å². The van der Waals surface area contributed by atoms with Crippen LogP contribution in [0, 0.1) is 0 Å². The summed E-state index contributed by atoms with van der Waals surface area (Å²) in [6.07, 6.45) is 33.9. The van der Waals surface area contributed by atoms with Crippen molar-refractivity contribution >= 4 is 5.91 Å². The number of hydrogen-bond donors (Lipinski definition) is 1. The SMILES string of the molecule is CCCCCCCC/C=C/CCCCCCC[C@@H](CCCCCCCCC)NC(=O)CN(C)C. The molecule has 202 valence electrons. The van der Waals surface area contributed by atoms with Crippen LogP contribution in [0.1, 0.15) is 155 Å². The van der Waals surface area contributed by atoms with E-state index in [0.717, 1.165) is 12.8 Å². The molecule has 3 nitrogen and oxygen atoms in total. The Morgan fingerprint density at radius 1 is 0.618 bits per heavy atom. The lowest BCUT2D eigenvalue weighted by Crippen LogP contribution is -2.40. The second-order valence-electron chi connectivity index (χ2n) is 10.8. The fourth-order valence-electron chi connectivity index (χ4n) is 4.66. The summed E-state index contributed by atoms with van der Waals surface area (Å²) in [5.41, 5.74) is 0. The Bertz CT molecular complexity index is 447.